The van der Waals surface area contributed by atoms with Crippen LogP contribution in [0, 0.1) is 0 Å². The van der Waals surface area contributed by atoms with Crippen molar-refractivity contribution in [2.24, 2.45) is 0 Å². The first-order chi connectivity index (χ1) is 34.7. The second-order valence-electron chi connectivity index (χ2n) is 17.7. The summed E-state index contributed by atoms with van der Waals surface area (Å²) in [5.74, 6) is 0. The van der Waals surface area contributed by atoms with Gasteiger partial charge in [-0.25, -0.2) is 0 Å². The lowest BCUT2D eigenvalue weighted by atomic mass is 9.96. The first kappa shape index (κ1) is 40.9. The maximum Gasteiger partial charge on any atom is 0.145 e. The quantitative estimate of drug-likeness (QED) is 0.137. The first-order valence-corrected chi connectivity index (χ1v) is 23.8. The Labute approximate surface area is 406 Å². The highest BCUT2D eigenvalue weighted by atomic mass is 16.3. The highest BCUT2D eigenvalue weighted by molar-refractivity contribution is 6.27. The average molecular weight is 896 g/mol. The van der Waals surface area contributed by atoms with Gasteiger partial charge in [0.15, 0.2) is 0 Å². The van der Waals surface area contributed by atoms with Crippen molar-refractivity contribution in [3.8, 4) is 39.1 Å². The Morgan fingerprint density at radius 3 is 1.51 bits per heavy atom. The van der Waals surface area contributed by atoms with Crippen molar-refractivity contribution in [2.75, 3.05) is 9.80 Å². The molecule has 0 radical (unpaired) electrons. The Balaban J connectivity index is 1.15. The molecule has 13 aromatic rings. The molecule has 0 bridgehead atoms. The third-order valence-electron chi connectivity index (χ3n) is 13.5. The molecule has 0 aliphatic rings. The van der Waals surface area contributed by atoms with E-state index >= 15 is 0 Å². The highest BCUT2D eigenvalue weighted by Gasteiger charge is 2.26. The molecule has 0 amide bonds. The van der Waals surface area contributed by atoms with Gasteiger partial charge < -0.3 is 18.8 Å². The van der Waals surface area contributed by atoms with E-state index in [4.69, 9.17) is 4.42 Å². The topological polar surface area (TPSA) is 24.6 Å². The van der Waals surface area contributed by atoms with Gasteiger partial charge in [-0.15, -0.1) is 0 Å². The average Bonchev–Trinajstić information content (AvgIpc) is 3.99. The van der Waals surface area contributed by atoms with Crippen molar-refractivity contribution in [3.05, 3.63) is 273 Å². The lowest BCUT2D eigenvalue weighted by molar-refractivity contribution is 0.670. The normalized spacial score (nSPS) is 11.4. The molecule has 4 nitrogen and oxygen atoms in total. The second-order valence-corrected chi connectivity index (χ2v) is 17.7. The number of rotatable bonds is 10. The summed E-state index contributed by atoms with van der Waals surface area (Å²) in [5, 5.41) is 4.50. The van der Waals surface area contributed by atoms with E-state index in [0.29, 0.717) is 0 Å². The van der Waals surface area contributed by atoms with Gasteiger partial charge in [0, 0.05) is 61.4 Å². The summed E-state index contributed by atoms with van der Waals surface area (Å²) in [7, 11) is 0. The minimum Gasteiger partial charge on any atom is -0.455 e. The van der Waals surface area contributed by atoms with Gasteiger partial charge in [-0.2, -0.15) is 0 Å². The van der Waals surface area contributed by atoms with Crippen LogP contribution in [0.1, 0.15) is 0 Å². The molecule has 0 N–H and O–H groups in total. The predicted octanol–water partition coefficient (Wildman–Crippen LogP) is 18.6. The van der Waals surface area contributed by atoms with Gasteiger partial charge >= 0.3 is 0 Å². The Bertz CT molecular complexity index is 3940. The molecule has 0 aliphatic carbocycles. The molecule has 70 heavy (non-hydrogen) atoms. The van der Waals surface area contributed by atoms with Gasteiger partial charge in [0.1, 0.15) is 11.2 Å². The molecule has 11 aromatic carbocycles. The van der Waals surface area contributed by atoms with Crippen LogP contribution in [0.15, 0.2) is 277 Å². The summed E-state index contributed by atoms with van der Waals surface area (Å²) in [5.41, 5.74) is 17.9. The first-order valence-electron chi connectivity index (χ1n) is 23.8. The minimum atomic E-state index is 0.839. The van der Waals surface area contributed by atoms with Gasteiger partial charge in [-0.1, -0.05) is 182 Å². The van der Waals surface area contributed by atoms with Crippen LogP contribution >= 0.6 is 0 Å². The van der Waals surface area contributed by atoms with E-state index in [1.165, 1.54) is 10.9 Å². The summed E-state index contributed by atoms with van der Waals surface area (Å²) >= 11 is 0. The lowest BCUT2D eigenvalue weighted by Gasteiger charge is -2.31. The number of hydrogen-bond acceptors (Lipinski definition) is 3. The zero-order valence-corrected chi connectivity index (χ0v) is 38.2. The Morgan fingerprint density at radius 1 is 0.314 bits per heavy atom. The number of anilines is 6. The van der Waals surface area contributed by atoms with E-state index in [2.05, 4.69) is 287 Å². The third-order valence-corrected chi connectivity index (χ3v) is 13.5. The van der Waals surface area contributed by atoms with E-state index in [-0.39, 0.29) is 0 Å². The molecule has 0 spiro atoms. The molecule has 2 heterocycles. The molecule has 0 saturated carbocycles. The molecule has 0 saturated heterocycles. The van der Waals surface area contributed by atoms with Crippen LogP contribution in [0.5, 0.6) is 0 Å². The number of benzene rings is 11. The number of aromatic nitrogens is 1. The lowest BCUT2D eigenvalue weighted by Crippen LogP contribution is -2.14. The fraction of sp³-hybridized carbons (Fsp3) is 0. The second kappa shape index (κ2) is 17.4. The van der Waals surface area contributed by atoms with Crippen LogP contribution in [0.25, 0.3) is 82.8 Å². The monoisotopic (exact) mass is 895 g/mol. The molecule has 330 valence electrons. The molecule has 2 aromatic heterocycles. The van der Waals surface area contributed by atoms with Crippen LogP contribution in [-0.4, -0.2) is 4.57 Å². The van der Waals surface area contributed by atoms with E-state index in [0.717, 1.165) is 106 Å². The van der Waals surface area contributed by atoms with E-state index in [1.807, 2.05) is 0 Å². The summed E-state index contributed by atoms with van der Waals surface area (Å²) in [6, 6.07) is 97.8. The summed E-state index contributed by atoms with van der Waals surface area (Å²) in [4.78, 5) is 4.79. The van der Waals surface area contributed by atoms with Crippen molar-refractivity contribution in [1.29, 1.82) is 0 Å². The maximum absolute atomic E-state index is 7.16. The van der Waals surface area contributed by atoms with Gasteiger partial charge in [0.05, 0.1) is 22.1 Å². The summed E-state index contributed by atoms with van der Waals surface area (Å²) in [6.45, 7) is 0. The molecule has 0 unspecified atom stereocenters. The summed E-state index contributed by atoms with van der Waals surface area (Å²) in [6.07, 6.45) is 0. The van der Waals surface area contributed by atoms with Crippen LogP contribution < -0.4 is 9.80 Å². The zero-order valence-electron chi connectivity index (χ0n) is 38.2. The number of furan rings is 1. The predicted molar refractivity (Wildman–Crippen MR) is 294 cm³/mol. The SMILES string of the molecule is c1ccc(-c2ccc(N(c3cc(-c4cc5c6ccccc6n(-c6ccccc6)c5c5c4oc4ccccc45)cc(N(c4ccccc4)c4ccccc4)c3)c3ccccc3-c3ccccc3)cc2)cc1. The van der Waals surface area contributed by atoms with Gasteiger partial charge in [0.2, 0.25) is 0 Å². The Kier molecular flexibility index (Phi) is 10.1. The molecule has 4 heteroatoms. The highest BCUT2D eigenvalue weighted by Crippen LogP contribution is 2.50. The molecule has 0 fully saturated rings. The van der Waals surface area contributed by atoms with Crippen LogP contribution in [-0.2, 0) is 0 Å². The fourth-order valence-electron chi connectivity index (χ4n) is 10.4. The van der Waals surface area contributed by atoms with Crippen molar-refractivity contribution >= 4 is 77.9 Å². The Morgan fingerprint density at radius 2 is 0.829 bits per heavy atom. The van der Waals surface area contributed by atoms with Crippen LogP contribution in [0.2, 0.25) is 0 Å². The smallest absolute Gasteiger partial charge is 0.145 e. The van der Waals surface area contributed by atoms with Gasteiger partial charge in [0.25, 0.3) is 0 Å². The van der Waals surface area contributed by atoms with Crippen molar-refractivity contribution in [2.45, 2.75) is 0 Å². The van der Waals surface area contributed by atoms with Gasteiger partial charge in [-0.05, 0) is 113 Å². The standard InChI is InChI=1S/C66H45N3O/c1-6-22-46(23-7-1)47-38-40-53(41-39-47)68(61-35-19-16-32-56(61)48-24-8-2-9-25-48)55-43-49(42-54(44-55)67(50-26-10-3-11-27-50)51-28-12-4-13-29-51)59-45-60-57-33-17-20-36-62(57)69(52-30-14-5-15-31-52)65(60)64-58-34-18-21-37-63(58)70-66(59)64/h1-45H. The zero-order chi connectivity index (χ0) is 46.4. The van der Waals surface area contributed by atoms with Crippen LogP contribution in [0.4, 0.5) is 34.1 Å². The molecule has 0 aliphatic heterocycles. The van der Waals surface area contributed by atoms with Crippen molar-refractivity contribution < 1.29 is 4.42 Å². The third kappa shape index (κ3) is 7.10. The Hall–Kier alpha value is -9.38. The minimum absolute atomic E-state index is 0.839. The largest absolute Gasteiger partial charge is 0.455 e. The number of fused-ring (bicyclic) bond motifs is 7. The van der Waals surface area contributed by atoms with E-state index in [1.54, 1.807) is 0 Å². The molecule has 13 rings (SSSR count). The molecular weight excluding hydrogens is 851 g/mol. The number of para-hydroxylation sites is 6. The molecule has 0 atom stereocenters. The molecular formula is C66H45N3O. The van der Waals surface area contributed by atoms with E-state index < -0.39 is 0 Å². The van der Waals surface area contributed by atoms with Crippen LogP contribution in [0.3, 0.4) is 0 Å². The maximum atomic E-state index is 7.16. The number of nitrogens with zero attached hydrogens (tertiary/aromatic N) is 3. The fourth-order valence-corrected chi connectivity index (χ4v) is 10.4. The van der Waals surface area contributed by atoms with Crippen molar-refractivity contribution in [1.82, 2.24) is 4.57 Å². The van der Waals surface area contributed by atoms with Crippen molar-refractivity contribution in [3.63, 3.8) is 0 Å². The summed E-state index contributed by atoms with van der Waals surface area (Å²) < 4.78 is 9.58. The number of hydrogen-bond donors (Lipinski definition) is 0. The van der Waals surface area contributed by atoms with Gasteiger partial charge in [-0.3, -0.25) is 0 Å². The van der Waals surface area contributed by atoms with E-state index in [9.17, 15) is 0 Å².